The molecule has 1 aliphatic heterocycles. The Morgan fingerprint density at radius 1 is 1.41 bits per heavy atom. The predicted octanol–water partition coefficient (Wildman–Crippen LogP) is 1.26. The minimum Gasteiger partial charge on any atom is -0.480 e. The number of carboxylic acids is 1. The highest BCUT2D eigenvalue weighted by molar-refractivity contribution is 5.98. The number of hydrazone groups is 1. The molecule has 1 fully saturated rings. The van der Waals surface area contributed by atoms with Crippen LogP contribution in [0.1, 0.15) is 31.2 Å². The number of hydrogen-bond acceptors (Lipinski definition) is 5. The molecule has 0 bridgehead atoms. The Bertz CT molecular complexity index is 730. The van der Waals surface area contributed by atoms with Gasteiger partial charge in [-0.05, 0) is 37.0 Å². The van der Waals surface area contributed by atoms with Crippen LogP contribution in [0.25, 0.3) is 0 Å². The Morgan fingerprint density at radius 3 is 2.70 bits per heavy atom. The maximum absolute atomic E-state index is 12.8. The second-order valence-electron chi connectivity index (χ2n) is 6.39. The molecule has 0 saturated carbocycles. The van der Waals surface area contributed by atoms with Gasteiger partial charge in [0.2, 0.25) is 11.8 Å². The normalized spacial score (nSPS) is 18.3. The quantitative estimate of drug-likeness (QED) is 0.274. The molecule has 8 heteroatoms. The van der Waals surface area contributed by atoms with E-state index in [0.717, 1.165) is 17.7 Å². The van der Waals surface area contributed by atoms with Gasteiger partial charge in [0.15, 0.2) is 0 Å². The zero-order chi connectivity index (χ0) is 19.8. The zero-order valence-electron chi connectivity index (χ0n) is 15.0. The van der Waals surface area contributed by atoms with E-state index in [2.05, 4.69) is 17.0 Å². The molecule has 0 aliphatic carbocycles. The van der Waals surface area contributed by atoms with Crippen LogP contribution >= 0.6 is 0 Å². The number of nitrogens with two attached hydrogens (primary N) is 1. The Labute approximate surface area is 157 Å². The second kappa shape index (κ2) is 9.51. The minimum absolute atomic E-state index is 0.0336. The van der Waals surface area contributed by atoms with Crippen molar-refractivity contribution >= 4 is 29.7 Å². The van der Waals surface area contributed by atoms with Gasteiger partial charge in [-0.15, -0.1) is 6.58 Å². The average molecular weight is 372 g/mol. The van der Waals surface area contributed by atoms with Gasteiger partial charge in [0.25, 0.3) is 0 Å². The summed E-state index contributed by atoms with van der Waals surface area (Å²) in [6.07, 6.45) is 4.41. The van der Waals surface area contributed by atoms with Crippen LogP contribution in [-0.2, 0) is 14.4 Å². The fourth-order valence-electron chi connectivity index (χ4n) is 3.09. The number of piperidine rings is 1. The average Bonchev–Trinajstić information content (AvgIpc) is 2.64. The van der Waals surface area contributed by atoms with E-state index in [9.17, 15) is 14.4 Å². The highest BCUT2D eigenvalue weighted by Crippen LogP contribution is 2.26. The van der Waals surface area contributed by atoms with Gasteiger partial charge in [0, 0.05) is 24.6 Å². The third kappa shape index (κ3) is 5.40. The van der Waals surface area contributed by atoms with Crippen molar-refractivity contribution in [3.63, 3.8) is 0 Å². The highest BCUT2D eigenvalue weighted by Gasteiger charge is 2.32. The van der Waals surface area contributed by atoms with Crippen molar-refractivity contribution in [2.75, 3.05) is 11.4 Å². The number of aliphatic carboxylic acids is 1. The van der Waals surface area contributed by atoms with Gasteiger partial charge in [0.05, 0.1) is 6.21 Å². The smallest absolute Gasteiger partial charge is 0.326 e. The van der Waals surface area contributed by atoms with Crippen LogP contribution < -0.4 is 16.1 Å². The second-order valence-corrected chi connectivity index (χ2v) is 6.39. The molecule has 1 saturated heterocycles. The number of rotatable bonds is 8. The lowest BCUT2D eigenvalue weighted by molar-refractivity contribution is -0.142. The largest absolute Gasteiger partial charge is 0.480 e. The van der Waals surface area contributed by atoms with E-state index in [4.69, 9.17) is 10.9 Å². The van der Waals surface area contributed by atoms with Gasteiger partial charge < -0.3 is 21.2 Å². The third-order valence-electron chi connectivity index (χ3n) is 4.45. The number of benzene rings is 1. The monoisotopic (exact) mass is 372 g/mol. The van der Waals surface area contributed by atoms with Crippen LogP contribution in [0.5, 0.6) is 0 Å². The molecule has 1 aromatic carbocycles. The Morgan fingerprint density at radius 2 is 2.11 bits per heavy atom. The van der Waals surface area contributed by atoms with Gasteiger partial charge in [0.1, 0.15) is 6.04 Å². The number of anilines is 1. The van der Waals surface area contributed by atoms with Crippen LogP contribution in [0.15, 0.2) is 42.0 Å². The van der Waals surface area contributed by atoms with Crippen LogP contribution in [0, 0.1) is 5.92 Å². The maximum atomic E-state index is 12.8. The highest BCUT2D eigenvalue weighted by atomic mass is 16.4. The Hall–Kier alpha value is -3.16. The standard InChI is InChI=1S/C19H24N4O4/c1-2-4-16(19(26)27)22-17(24)11-14-5-3-10-23(18(14)25)15-8-6-13(7-9-15)12-21-20/h2,6-9,12,14,16H,1,3-5,10-11,20H2,(H,22,24)(H,26,27)/t14?,16-/m0/s1. The molecule has 2 atom stereocenters. The fourth-order valence-corrected chi connectivity index (χ4v) is 3.09. The lowest BCUT2D eigenvalue weighted by atomic mass is 9.92. The summed E-state index contributed by atoms with van der Waals surface area (Å²) in [6, 6.07) is 6.20. The van der Waals surface area contributed by atoms with Crippen LogP contribution in [0.4, 0.5) is 5.69 Å². The van der Waals surface area contributed by atoms with Crippen LogP contribution in [-0.4, -0.2) is 41.7 Å². The van der Waals surface area contributed by atoms with E-state index in [0.29, 0.717) is 13.0 Å². The number of nitrogens with one attached hydrogen (secondary N) is 1. The SMILES string of the molecule is C=CC[C@H](NC(=O)CC1CCCN(c2ccc(C=NN)cc2)C1=O)C(=O)O. The molecule has 1 aliphatic rings. The van der Waals surface area contributed by atoms with E-state index in [1.165, 1.54) is 12.3 Å². The van der Waals surface area contributed by atoms with Crippen molar-refractivity contribution < 1.29 is 19.5 Å². The van der Waals surface area contributed by atoms with E-state index >= 15 is 0 Å². The molecule has 1 aromatic rings. The number of nitrogens with zero attached hydrogens (tertiary/aromatic N) is 2. The summed E-state index contributed by atoms with van der Waals surface area (Å²) in [5.41, 5.74) is 1.57. The Balaban J connectivity index is 2.02. The first-order chi connectivity index (χ1) is 13.0. The van der Waals surface area contributed by atoms with E-state index in [1.54, 1.807) is 4.90 Å². The van der Waals surface area contributed by atoms with Crippen molar-refractivity contribution in [1.29, 1.82) is 0 Å². The number of amides is 2. The molecule has 0 aromatic heterocycles. The molecule has 27 heavy (non-hydrogen) atoms. The summed E-state index contributed by atoms with van der Waals surface area (Å²) in [4.78, 5) is 37.8. The molecule has 2 rings (SSSR count). The van der Waals surface area contributed by atoms with Crippen LogP contribution in [0.2, 0.25) is 0 Å². The summed E-state index contributed by atoms with van der Waals surface area (Å²) in [5.74, 6) is 2.95. The van der Waals surface area contributed by atoms with Gasteiger partial charge in [-0.2, -0.15) is 5.10 Å². The summed E-state index contributed by atoms with van der Waals surface area (Å²) in [7, 11) is 0. The molecule has 4 N–H and O–H groups in total. The summed E-state index contributed by atoms with van der Waals surface area (Å²) < 4.78 is 0. The van der Waals surface area contributed by atoms with E-state index < -0.39 is 23.8 Å². The van der Waals surface area contributed by atoms with E-state index in [1.807, 2.05) is 24.3 Å². The van der Waals surface area contributed by atoms with Crippen molar-refractivity contribution in [3.8, 4) is 0 Å². The first kappa shape index (κ1) is 20.2. The topological polar surface area (TPSA) is 125 Å². The van der Waals surface area contributed by atoms with Crippen molar-refractivity contribution in [1.82, 2.24) is 5.32 Å². The van der Waals surface area contributed by atoms with Gasteiger partial charge in [-0.1, -0.05) is 18.2 Å². The fraction of sp³-hybridized carbons (Fsp3) is 0.368. The summed E-state index contributed by atoms with van der Waals surface area (Å²) in [6.45, 7) is 4.07. The Kier molecular flexibility index (Phi) is 7.10. The zero-order valence-corrected chi connectivity index (χ0v) is 15.0. The number of hydrogen-bond donors (Lipinski definition) is 3. The number of carbonyl (C=O) groups is 3. The molecule has 1 unspecified atom stereocenters. The predicted molar refractivity (Wildman–Crippen MR) is 102 cm³/mol. The van der Waals surface area contributed by atoms with Crippen molar-refractivity contribution in [2.24, 2.45) is 16.9 Å². The third-order valence-corrected chi connectivity index (χ3v) is 4.45. The molecular weight excluding hydrogens is 348 g/mol. The molecular formula is C19H24N4O4. The first-order valence-corrected chi connectivity index (χ1v) is 8.74. The molecule has 0 spiro atoms. The lowest BCUT2D eigenvalue weighted by Crippen LogP contribution is -2.45. The summed E-state index contributed by atoms with van der Waals surface area (Å²) >= 11 is 0. The molecule has 144 valence electrons. The maximum Gasteiger partial charge on any atom is 0.326 e. The van der Waals surface area contributed by atoms with Crippen molar-refractivity contribution in [2.45, 2.75) is 31.7 Å². The molecule has 8 nitrogen and oxygen atoms in total. The lowest BCUT2D eigenvalue weighted by Gasteiger charge is -2.32. The van der Waals surface area contributed by atoms with Gasteiger partial charge >= 0.3 is 5.97 Å². The molecule has 0 radical (unpaired) electrons. The van der Waals surface area contributed by atoms with Gasteiger partial charge in [-0.25, -0.2) is 4.79 Å². The number of carboxylic acid groups (broad SMARTS) is 1. The summed E-state index contributed by atoms with van der Waals surface area (Å²) in [5, 5.41) is 15.0. The molecule has 2 amide bonds. The van der Waals surface area contributed by atoms with Crippen molar-refractivity contribution in [3.05, 3.63) is 42.5 Å². The van der Waals surface area contributed by atoms with E-state index in [-0.39, 0.29) is 18.7 Å². The first-order valence-electron chi connectivity index (χ1n) is 8.74. The van der Waals surface area contributed by atoms with Gasteiger partial charge in [-0.3, -0.25) is 9.59 Å². The minimum atomic E-state index is -1.12. The molecule has 1 heterocycles. The number of carbonyl (C=O) groups excluding carboxylic acids is 2. The van der Waals surface area contributed by atoms with Crippen LogP contribution in [0.3, 0.4) is 0 Å².